The number of unbranched alkanes of at least 4 members (excludes halogenated alkanes) is 1. The number of nitro groups is 1. The van der Waals surface area contributed by atoms with Gasteiger partial charge in [-0.25, -0.2) is 0 Å². The molecule has 5 N–H and O–H groups in total. The first-order valence-electron chi connectivity index (χ1n) is 8.85. The van der Waals surface area contributed by atoms with Gasteiger partial charge in [-0.3, -0.25) is 15.0 Å². The fourth-order valence-electron chi connectivity index (χ4n) is 3.23. The van der Waals surface area contributed by atoms with Crippen LogP contribution in [0.3, 0.4) is 0 Å². The predicted molar refractivity (Wildman–Crippen MR) is 100 cm³/mol. The second-order valence-electron chi connectivity index (χ2n) is 6.58. The molecule has 1 aromatic rings. The van der Waals surface area contributed by atoms with Crippen molar-refractivity contribution in [2.45, 2.75) is 37.2 Å². The third kappa shape index (κ3) is 5.29. The molecule has 12 nitrogen and oxygen atoms in total. The van der Waals surface area contributed by atoms with Gasteiger partial charge in [-0.15, -0.1) is 0 Å². The van der Waals surface area contributed by atoms with Crippen LogP contribution in [0.1, 0.15) is 12.8 Å². The maximum absolute atomic E-state index is 11.2. The number of anilines is 1. The third-order valence-electron chi connectivity index (χ3n) is 4.74. The summed E-state index contributed by atoms with van der Waals surface area (Å²) < 4.78 is 0. The Hall–Kier alpha value is -2.47. The highest BCUT2D eigenvalue weighted by atomic mass is 16.6. The number of benzene rings is 1. The Morgan fingerprint density at radius 3 is 2.71 bits per heavy atom. The number of β-amino-alcohol motifs (C(OH)–C–C–N with tert-alkyl or cyclic N) is 1. The van der Waals surface area contributed by atoms with E-state index >= 15 is 0 Å². The third-order valence-corrected chi connectivity index (χ3v) is 4.74. The summed E-state index contributed by atoms with van der Waals surface area (Å²) in [5.41, 5.74) is 8.68. The van der Waals surface area contributed by atoms with Crippen molar-refractivity contribution in [2.24, 2.45) is 5.11 Å². The Morgan fingerprint density at radius 1 is 1.32 bits per heavy atom. The molecule has 12 heteroatoms. The lowest BCUT2D eigenvalue weighted by Gasteiger charge is -2.43. The van der Waals surface area contributed by atoms with Crippen molar-refractivity contribution in [1.29, 1.82) is 0 Å². The quantitative estimate of drug-likeness (QED) is 0.0995. The highest BCUT2D eigenvalue weighted by Crippen LogP contribution is 2.29. The van der Waals surface area contributed by atoms with Gasteiger partial charge in [0.1, 0.15) is 17.9 Å². The van der Waals surface area contributed by atoms with Crippen molar-refractivity contribution in [3.8, 4) is 0 Å². The lowest BCUT2D eigenvalue weighted by Crippen LogP contribution is -2.62. The van der Waals surface area contributed by atoms with E-state index in [2.05, 4.69) is 15.3 Å². The van der Waals surface area contributed by atoms with E-state index in [1.165, 1.54) is 18.2 Å². The molecule has 1 fully saturated rings. The first kappa shape index (κ1) is 21.8. The van der Waals surface area contributed by atoms with Crippen molar-refractivity contribution >= 4 is 17.1 Å². The van der Waals surface area contributed by atoms with Crippen LogP contribution in [0.4, 0.5) is 17.1 Å². The number of nitrogens with one attached hydrogen (secondary N) is 1. The van der Waals surface area contributed by atoms with Gasteiger partial charge in [-0.2, -0.15) is 0 Å². The average molecular weight is 396 g/mol. The average Bonchev–Trinajstić information content (AvgIpc) is 2.67. The summed E-state index contributed by atoms with van der Waals surface area (Å²) in [7, 11) is 0. The van der Waals surface area contributed by atoms with Gasteiger partial charge in [-0.1, -0.05) is 11.2 Å². The van der Waals surface area contributed by atoms with E-state index in [0.717, 1.165) is 0 Å². The largest absolute Gasteiger partial charge is 0.395 e. The molecule has 4 atom stereocenters. The van der Waals surface area contributed by atoms with E-state index in [9.17, 15) is 30.5 Å². The Bertz CT molecular complexity index is 728. The summed E-state index contributed by atoms with van der Waals surface area (Å²) in [6.45, 7) is 0.717. The SMILES string of the molecule is [N-]=[N+]=Nc1ccc(NCCCCN2CC(O)C(O)C(O)C2CO)c([N+](=O)[O-])c1. The van der Waals surface area contributed by atoms with E-state index in [0.29, 0.717) is 31.6 Å². The summed E-state index contributed by atoms with van der Waals surface area (Å²) in [4.78, 5) is 14.9. The van der Waals surface area contributed by atoms with Gasteiger partial charge in [0, 0.05) is 29.8 Å². The Morgan fingerprint density at radius 2 is 2.07 bits per heavy atom. The second-order valence-corrected chi connectivity index (χ2v) is 6.58. The number of hydrogen-bond acceptors (Lipinski definition) is 9. The molecule has 28 heavy (non-hydrogen) atoms. The van der Waals surface area contributed by atoms with Crippen LogP contribution in [0.2, 0.25) is 0 Å². The van der Waals surface area contributed by atoms with E-state index < -0.39 is 29.3 Å². The molecular weight excluding hydrogens is 372 g/mol. The number of likely N-dealkylation sites (tertiary alicyclic amines) is 1. The number of nitro benzene ring substituents is 1. The number of nitrogens with zero attached hydrogens (tertiary/aromatic N) is 5. The van der Waals surface area contributed by atoms with Crippen LogP contribution in [-0.4, -0.2) is 80.8 Å². The number of piperidine rings is 1. The molecule has 1 aliphatic rings. The number of hydrogen-bond donors (Lipinski definition) is 5. The van der Waals surface area contributed by atoms with Crippen molar-refractivity contribution in [1.82, 2.24) is 4.90 Å². The number of aliphatic hydroxyl groups excluding tert-OH is 4. The molecule has 1 aliphatic heterocycles. The van der Waals surface area contributed by atoms with Gasteiger partial charge in [0.25, 0.3) is 5.69 Å². The molecule has 0 aromatic heterocycles. The van der Waals surface area contributed by atoms with Gasteiger partial charge in [0.15, 0.2) is 0 Å². The van der Waals surface area contributed by atoms with Crippen LogP contribution in [0.5, 0.6) is 0 Å². The predicted octanol–water partition coefficient (Wildman–Crippen LogP) is 0.488. The summed E-state index contributed by atoms with van der Waals surface area (Å²) in [6, 6.07) is 3.49. The zero-order valence-corrected chi connectivity index (χ0v) is 15.1. The monoisotopic (exact) mass is 396 g/mol. The highest BCUT2D eigenvalue weighted by molar-refractivity contribution is 5.66. The summed E-state index contributed by atoms with van der Waals surface area (Å²) in [5, 5.41) is 56.3. The molecule has 1 aromatic carbocycles. The van der Waals surface area contributed by atoms with Gasteiger partial charge in [0.05, 0.1) is 23.7 Å². The Balaban J connectivity index is 1.86. The molecule has 0 radical (unpaired) electrons. The zero-order valence-electron chi connectivity index (χ0n) is 15.1. The molecular formula is C16H24N6O6. The molecule has 0 spiro atoms. The molecule has 154 valence electrons. The van der Waals surface area contributed by atoms with Gasteiger partial charge < -0.3 is 25.7 Å². The lowest BCUT2D eigenvalue weighted by molar-refractivity contribution is -0.383. The fourth-order valence-corrected chi connectivity index (χ4v) is 3.23. The van der Waals surface area contributed by atoms with Crippen LogP contribution < -0.4 is 5.32 Å². The Kier molecular flexibility index (Phi) is 7.93. The van der Waals surface area contributed by atoms with E-state index in [-0.39, 0.29) is 24.5 Å². The molecule has 0 amide bonds. The maximum Gasteiger partial charge on any atom is 0.292 e. The van der Waals surface area contributed by atoms with Gasteiger partial charge in [0.2, 0.25) is 0 Å². The minimum atomic E-state index is -1.29. The molecule has 0 aliphatic carbocycles. The Labute approximate surface area is 160 Å². The van der Waals surface area contributed by atoms with Crippen LogP contribution in [0.15, 0.2) is 23.3 Å². The fraction of sp³-hybridized carbons (Fsp3) is 0.625. The van der Waals surface area contributed by atoms with E-state index in [1.54, 1.807) is 4.90 Å². The second kappa shape index (κ2) is 10.2. The summed E-state index contributed by atoms with van der Waals surface area (Å²) in [6.07, 6.45) is -2.33. The van der Waals surface area contributed by atoms with Gasteiger partial charge >= 0.3 is 0 Å². The standard InChI is InChI=1S/C16H24N6O6/c17-20-19-10-3-4-11(12(7-10)22(27)28)18-5-1-2-6-21-8-14(24)16(26)15(25)13(21)9-23/h3-4,7,13-16,18,23-26H,1-2,5-6,8-9H2. The van der Waals surface area contributed by atoms with Crippen LogP contribution >= 0.6 is 0 Å². The number of azide groups is 1. The molecule has 0 saturated carbocycles. The van der Waals surface area contributed by atoms with E-state index in [1.807, 2.05) is 0 Å². The normalized spacial score (nSPS) is 25.1. The van der Waals surface area contributed by atoms with Crippen LogP contribution in [-0.2, 0) is 0 Å². The summed E-state index contributed by atoms with van der Waals surface area (Å²) >= 11 is 0. The van der Waals surface area contributed by atoms with Crippen LogP contribution in [0.25, 0.3) is 10.4 Å². The first-order valence-corrected chi connectivity index (χ1v) is 8.85. The van der Waals surface area contributed by atoms with Crippen molar-refractivity contribution in [2.75, 3.05) is 31.6 Å². The molecule has 2 rings (SSSR count). The smallest absolute Gasteiger partial charge is 0.292 e. The lowest BCUT2D eigenvalue weighted by atomic mass is 9.94. The minimum absolute atomic E-state index is 0.142. The van der Waals surface area contributed by atoms with Crippen molar-refractivity contribution < 1.29 is 25.3 Å². The van der Waals surface area contributed by atoms with Crippen molar-refractivity contribution in [3.63, 3.8) is 0 Å². The topological polar surface area (TPSA) is 188 Å². The molecule has 4 unspecified atom stereocenters. The number of aliphatic hydroxyl groups is 4. The van der Waals surface area contributed by atoms with E-state index in [4.69, 9.17) is 5.53 Å². The van der Waals surface area contributed by atoms with Crippen molar-refractivity contribution in [3.05, 3.63) is 38.8 Å². The molecule has 1 heterocycles. The summed E-state index contributed by atoms with van der Waals surface area (Å²) in [5.74, 6) is 0. The van der Waals surface area contributed by atoms with Crippen LogP contribution in [0, 0.1) is 10.1 Å². The maximum atomic E-state index is 11.2. The van der Waals surface area contributed by atoms with Gasteiger partial charge in [-0.05, 0) is 31.0 Å². The zero-order chi connectivity index (χ0) is 20.7. The molecule has 1 saturated heterocycles. The number of rotatable bonds is 9. The highest BCUT2D eigenvalue weighted by Gasteiger charge is 2.40. The molecule has 0 bridgehead atoms. The first-order chi connectivity index (χ1) is 13.4. The minimum Gasteiger partial charge on any atom is -0.395 e.